The van der Waals surface area contributed by atoms with Crippen molar-refractivity contribution in [3.05, 3.63) is 291 Å². The molecule has 0 spiro atoms. The van der Waals surface area contributed by atoms with Crippen LogP contribution in [0.5, 0.6) is 0 Å². The first kappa shape index (κ1) is 46.8. The standard InChI is InChI=1S/C78H48N2S2/c1-5-18-49(19-6-1)57-41-58(50-20-7-2-8-21-50)44-61(43-57)79-71-38-32-55(47-69(71)65-34-36-67-63-28-13-15-30-73(63)81-77(67)75(65)79)53-26-17-27-54(40-53)56-33-39-72-70(48-56)66-35-37-68-64-29-14-16-31-74(64)82-78(68)76(66)80(72)62-45-59(51-22-9-3-10-23-51)42-60(46-62)52-24-11-4-12-25-52/h1-48H. The van der Waals surface area contributed by atoms with Crippen molar-refractivity contribution < 1.29 is 0 Å². The molecule has 0 fully saturated rings. The van der Waals surface area contributed by atoms with E-state index in [1.54, 1.807) is 0 Å². The maximum atomic E-state index is 2.54. The van der Waals surface area contributed by atoms with Gasteiger partial charge in [-0.3, -0.25) is 0 Å². The average molecular weight is 1080 g/mol. The Morgan fingerprint density at radius 3 is 0.902 bits per heavy atom. The van der Waals surface area contributed by atoms with Gasteiger partial charge in [-0.2, -0.15) is 0 Å². The molecule has 0 aliphatic rings. The summed E-state index contributed by atoms with van der Waals surface area (Å²) < 4.78 is 10.3. The lowest BCUT2D eigenvalue weighted by Gasteiger charge is -2.15. The third-order valence-electron chi connectivity index (χ3n) is 16.9. The molecule has 0 atom stereocenters. The molecule has 4 aromatic heterocycles. The number of aromatic nitrogens is 2. The molecule has 0 aliphatic carbocycles. The van der Waals surface area contributed by atoms with Gasteiger partial charge < -0.3 is 9.13 Å². The monoisotopic (exact) mass is 1080 g/mol. The molecule has 82 heavy (non-hydrogen) atoms. The van der Waals surface area contributed by atoms with E-state index in [2.05, 4.69) is 300 Å². The van der Waals surface area contributed by atoms with E-state index in [1.165, 1.54) is 151 Å². The summed E-state index contributed by atoms with van der Waals surface area (Å²) in [5.41, 5.74) is 21.4. The zero-order valence-corrected chi connectivity index (χ0v) is 46.1. The highest BCUT2D eigenvalue weighted by molar-refractivity contribution is 7.27. The molecule has 382 valence electrons. The lowest BCUT2D eigenvalue weighted by atomic mass is 9.96. The van der Waals surface area contributed by atoms with E-state index < -0.39 is 0 Å². The van der Waals surface area contributed by atoms with E-state index in [0.29, 0.717) is 0 Å². The van der Waals surface area contributed by atoms with Gasteiger partial charge in [-0.25, -0.2) is 0 Å². The Labute approximate surface area is 481 Å². The quantitative estimate of drug-likeness (QED) is 0.144. The van der Waals surface area contributed by atoms with E-state index in [-0.39, 0.29) is 0 Å². The van der Waals surface area contributed by atoms with Gasteiger partial charge >= 0.3 is 0 Å². The van der Waals surface area contributed by atoms with Crippen molar-refractivity contribution >= 4 is 107 Å². The number of benzene rings is 13. The highest BCUT2D eigenvalue weighted by atomic mass is 32.1. The van der Waals surface area contributed by atoms with Gasteiger partial charge in [-0.1, -0.05) is 212 Å². The van der Waals surface area contributed by atoms with Crippen LogP contribution in [-0.4, -0.2) is 9.13 Å². The Balaban J connectivity index is 0.848. The summed E-state index contributed by atoms with van der Waals surface area (Å²) in [4.78, 5) is 0. The molecule has 17 aromatic rings. The summed E-state index contributed by atoms with van der Waals surface area (Å²) in [5.74, 6) is 0. The topological polar surface area (TPSA) is 9.86 Å². The number of fused-ring (bicyclic) bond motifs is 14. The predicted octanol–water partition coefficient (Wildman–Crippen LogP) is 22.6. The van der Waals surface area contributed by atoms with Crippen molar-refractivity contribution in [2.75, 3.05) is 0 Å². The number of thiophene rings is 2. The maximum Gasteiger partial charge on any atom is 0.0719 e. The normalized spacial score (nSPS) is 11.9. The summed E-state index contributed by atoms with van der Waals surface area (Å²) in [7, 11) is 0. The molecule has 17 rings (SSSR count). The SMILES string of the molecule is c1ccc(-c2cc(-c3ccccc3)cc(-n3c4ccc(-c5cccc(-c6ccc7c(c6)c6ccc8c9ccccc9sc8c6n7-c6cc(-c7ccccc7)cc(-c7ccccc7)c6)c5)cc4c4ccc5c6ccccc6sc5c43)c2)cc1. The van der Waals surface area contributed by atoms with E-state index in [1.807, 2.05) is 22.7 Å². The third-order valence-corrected chi connectivity index (χ3v) is 19.2. The van der Waals surface area contributed by atoms with E-state index >= 15 is 0 Å². The first-order chi connectivity index (χ1) is 40.6. The zero-order valence-electron chi connectivity index (χ0n) is 44.4. The van der Waals surface area contributed by atoms with Gasteiger partial charge in [-0.05, 0) is 146 Å². The largest absolute Gasteiger partial charge is 0.308 e. The van der Waals surface area contributed by atoms with Crippen LogP contribution >= 0.6 is 22.7 Å². The number of rotatable bonds is 8. The fraction of sp³-hybridized carbons (Fsp3) is 0. The summed E-state index contributed by atoms with van der Waals surface area (Å²) in [6.45, 7) is 0. The molecule has 0 radical (unpaired) electrons. The second-order valence-corrected chi connectivity index (χ2v) is 23.7. The Morgan fingerprint density at radius 1 is 0.195 bits per heavy atom. The minimum Gasteiger partial charge on any atom is -0.308 e. The highest BCUT2D eigenvalue weighted by Gasteiger charge is 2.23. The molecule has 4 heteroatoms. The van der Waals surface area contributed by atoms with E-state index in [0.717, 1.165) is 11.4 Å². The molecule has 0 bridgehead atoms. The van der Waals surface area contributed by atoms with Crippen molar-refractivity contribution in [2.45, 2.75) is 0 Å². The van der Waals surface area contributed by atoms with Crippen molar-refractivity contribution in [1.82, 2.24) is 9.13 Å². The zero-order chi connectivity index (χ0) is 53.8. The molecule has 4 heterocycles. The predicted molar refractivity (Wildman–Crippen MR) is 354 cm³/mol. The van der Waals surface area contributed by atoms with Crippen LogP contribution in [0.1, 0.15) is 0 Å². The molecule has 0 unspecified atom stereocenters. The van der Waals surface area contributed by atoms with Crippen LogP contribution in [0, 0.1) is 0 Å². The van der Waals surface area contributed by atoms with Crippen LogP contribution in [0.2, 0.25) is 0 Å². The fourth-order valence-electron chi connectivity index (χ4n) is 13.0. The summed E-state index contributed by atoms with van der Waals surface area (Å²) in [6.07, 6.45) is 0. The van der Waals surface area contributed by atoms with Gasteiger partial charge in [-0.15, -0.1) is 22.7 Å². The number of hydrogen-bond acceptors (Lipinski definition) is 2. The van der Waals surface area contributed by atoms with Crippen LogP contribution in [-0.2, 0) is 0 Å². The molecule has 0 saturated carbocycles. The first-order valence-corrected chi connectivity index (χ1v) is 29.7. The first-order valence-electron chi connectivity index (χ1n) is 28.0. The van der Waals surface area contributed by atoms with Crippen LogP contribution in [0.4, 0.5) is 0 Å². The lowest BCUT2D eigenvalue weighted by Crippen LogP contribution is -1.96. The summed E-state index contributed by atoms with van der Waals surface area (Å²) >= 11 is 3.79. The van der Waals surface area contributed by atoms with Gasteiger partial charge in [0.15, 0.2) is 0 Å². The number of nitrogens with zero attached hydrogens (tertiary/aromatic N) is 2. The van der Waals surface area contributed by atoms with Crippen LogP contribution < -0.4 is 0 Å². The van der Waals surface area contributed by atoms with Crippen LogP contribution in [0.15, 0.2) is 291 Å². The molecule has 2 nitrogen and oxygen atoms in total. The molecule has 13 aromatic carbocycles. The van der Waals surface area contributed by atoms with E-state index in [4.69, 9.17) is 0 Å². The van der Waals surface area contributed by atoms with E-state index in [9.17, 15) is 0 Å². The van der Waals surface area contributed by atoms with Crippen LogP contribution in [0.25, 0.3) is 162 Å². The van der Waals surface area contributed by atoms with Crippen molar-refractivity contribution in [2.24, 2.45) is 0 Å². The Kier molecular flexibility index (Phi) is 10.7. The Hall–Kier alpha value is -10.1. The average Bonchev–Trinajstić information content (AvgIpc) is 3.76. The van der Waals surface area contributed by atoms with Crippen LogP contribution in [0.3, 0.4) is 0 Å². The van der Waals surface area contributed by atoms with Gasteiger partial charge in [0, 0.05) is 63.9 Å². The molecular weight excluding hydrogens is 1030 g/mol. The molecular formula is C78H48N2S2. The van der Waals surface area contributed by atoms with Gasteiger partial charge in [0.2, 0.25) is 0 Å². The lowest BCUT2D eigenvalue weighted by molar-refractivity contribution is 1.19. The molecule has 0 aliphatic heterocycles. The maximum absolute atomic E-state index is 2.54. The highest BCUT2D eigenvalue weighted by Crippen LogP contribution is 2.47. The number of hydrogen-bond donors (Lipinski definition) is 0. The second-order valence-electron chi connectivity index (χ2n) is 21.6. The molecule has 0 N–H and O–H groups in total. The fourth-order valence-corrected chi connectivity index (χ4v) is 15.5. The molecule has 0 amide bonds. The third kappa shape index (κ3) is 7.53. The van der Waals surface area contributed by atoms with Crippen molar-refractivity contribution in [3.63, 3.8) is 0 Å². The van der Waals surface area contributed by atoms with Gasteiger partial charge in [0.05, 0.1) is 31.5 Å². The smallest absolute Gasteiger partial charge is 0.0719 e. The Bertz CT molecular complexity index is 4920. The Morgan fingerprint density at radius 2 is 0.512 bits per heavy atom. The minimum atomic E-state index is 1.14. The van der Waals surface area contributed by atoms with Gasteiger partial charge in [0.25, 0.3) is 0 Å². The summed E-state index contributed by atoms with van der Waals surface area (Å²) in [5, 5.41) is 10.1. The van der Waals surface area contributed by atoms with Crippen molar-refractivity contribution in [1.29, 1.82) is 0 Å². The minimum absolute atomic E-state index is 1.14. The van der Waals surface area contributed by atoms with Gasteiger partial charge in [0.1, 0.15) is 0 Å². The second kappa shape index (κ2) is 18.8. The summed E-state index contributed by atoms with van der Waals surface area (Å²) in [6, 6.07) is 108. The van der Waals surface area contributed by atoms with Crippen molar-refractivity contribution in [3.8, 4) is 78.1 Å². The molecule has 0 saturated heterocycles.